The number of nitrogens with zero attached hydrogens (tertiary/aromatic N) is 1. The SMILES string of the molecule is CC(C)N1CCCC(CN)C1c1ccc(Cl)cc1Cl. The summed E-state index contributed by atoms with van der Waals surface area (Å²) >= 11 is 12.4. The molecule has 1 fully saturated rings. The van der Waals surface area contributed by atoms with Crippen LogP contribution < -0.4 is 5.73 Å². The normalized spacial score (nSPS) is 24.9. The molecule has 0 amide bonds. The minimum atomic E-state index is 0.309. The van der Waals surface area contributed by atoms with Crippen LogP contribution in [0.2, 0.25) is 10.0 Å². The molecule has 2 N–H and O–H groups in total. The van der Waals surface area contributed by atoms with E-state index in [1.807, 2.05) is 12.1 Å². The van der Waals surface area contributed by atoms with Gasteiger partial charge in [0.25, 0.3) is 0 Å². The Balaban J connectivity index is 2.39. The molecular formula is C15H22Cl2N2. The van der Waals surface area contributed by atoms with E-state index in [1.165, 1.54) is 12.8 Å². The standard InChI is InChI=1S/C15H22Cl2N2/c1-10(2)19-7-3-4-11(9-18)15(19)13-6-5-12(16)8-14(13)17/h5-6,8,10-11,15H,3-4,7,9,18H2,1-2H3. The van der Waals surface area contributed by atoms with Gasteiger partial charge in [-0.2, -0.15) is 0 Å². The molecule has 2 nitrogen and oxygen atoms in total. The molecule has 1 aliphatic rings. The molecule has 0 aliphatic carbocycles. The molecular weight excluding hydrogens is 279 g/mol. The first-order valence-electron chi connectivity index (χ1n) is 6.95. The number of piperidine rings is 1. The summed E-state index contributed by atoms with van der Waals surface area (Å²) < 4.78 is 0. The van der Waals surface area contributed by atoms with Crippen LogP contribution in [-0.4, -0.2) is 24.0 Å². The predicted octanol–water partition coefficient (Wildman–Crippen LogP) is 4.11. The van der Waals surface area contributed by atoms with Crippen molar-refractivity contribution in [3.8, 4) is 0 Å². The fraction of sp³-hybridized carbons (Fsp3) is 0.600. The lowest BCUT2D eigenvalue weighted by atomic mass is 9.84. The highest BCUT2D eigenvalue weighted by molar-refractivity contribution is 6.35. The highest BCUT2D eigenvalue weighted by Gasteiger charge is 2.34. The lowest BCUT2D eigenvalue weighted by molar-refractivity contribution is 0.0666. The third-order valence-electron chi connectivity index (χ3n) is 4.04. The number of rotatable bonds is 3. The van der Waals surface area contributed by atoms with Gasteiger partial charge in [0.05, 0.1) is 0 Å². The van der Waals surface area contributed by atoms with E-state index in [2.05, 4.69) is 24.8 Å². The van der Waals surface area contributed by atoms with Gasteiger partial charge >= 0.3 is 0 Å². The van der Waals surface area contributed by atoms with Gasteiger partial charge in [0.2, 0.25) is 0 Å². The fourth-order valence-corrected chi connectivity index (χ4v) is 3.62. The van der Waals surface area contributed by atoms with Crippen LogP contribution in [0.15, 0.2) is 18.2 Å². The van der Waals surface area contributed by atoms with Crippen LogP contribution >= 0.6 is 23.2 Å². The molecule has 1 aromatic rings. The second kappa shape index (κ2) is 6.45. The summed E-state index contributed by atoms with van der Waals surface area (Å²) in [6.45, 7) is 6.27. The molecule has 1 saturated heterocycles. The van der Waals surface area contributed by atoms with Crippen molar-refractivity contribution in [1.29, 1.82) is 0 Å². The Hall–Kier alpha value is -0.280. The van der Waals surface area contributed by atoms with Gasteiger partial charge in [-0.25, -0.2) is 0 Å². The van der Waals surface area contributed by atoms with Gasteiger partial charge in [0.1, 0.15) is 0 Å². The maximum atomic E-state index is 6.40. The summed E-state index contributed by atoms with van der Waals surface area (Å²) in [6, 6.07) is 6.61. The second-order valence-electron chi connectivity index (χ2n) is 5.58. The second-order valence-corrected chi connectivity index (χ2v) is 6.42. The van der Waals surface area contributed by atoms with E-state index in [-0.39, 0.29) is 0 Å². The third-order valence-corrected chi connectivity index (χ3v) is 4.60. The van der Waals surface area contributed by atoms with E-state index in [0.717, 1.165) is 17.1 Å². The van der Waals surface area contributed by atoms with Crippen LogP contribution in [0.3, 0.4) is 0 Å². The summed E-state index contributed by atoms with van der Waals surface area (Å²) in [5.41, 5.74) is 7.14. The van der Waals surface area contributed by atoms with Gasteiger partial charge < -0.3 is 5.73 Å². The van der Waals surface area contributed by atoms with Crippen molar-refractivity contribution in [2.24, 2.45) is 11.7 Å². The molecule has 1 heterocycles. The molecule has 0 aromatic heterocycles. The van der Waals surface area contributed by atoms with E-state index in [1.54, 1.807) is 0 Å². The Labute approximate surface area is 125 Å². The highest BCUT2D eigenvalue weighted by atomic mass is 35.5. The van der Waals surface area contributed by atoms with Crippen molar-refractivity contribution >= 4 is 23.2 Å². The zero-order chi connectivity index (χ0) is 14.0. The Morgan fingerprint density at radius 2 is 2.11 bits per heavy atom. The Morgan fingerprint density at radius 1 is 1.37 bits per heavy atom. The van der Waals surface area contributed by atoms with E-state index in [9.17, 15) is 0 Å². The van der Waals surface area contributed by atoms with Crippen LogP contribution in [0.4, 0.5) is 0 Å². The molecule has 106 valence electrons. The summed E-state index contributed by atoms with van der Waals surface area (Å²) in [5, 5.41) is 1.44. The molecule has 1 aliphatic heterocycles. The molecule has 2 rings (SSSR count). The van der Waals surface area contributed by atoms with Crippen LogP contribution in [0.25, 0.3) is 0 Å². The summed E-state index contributed by atoms with van der Waals surface area (Å²) in [5.74, 6) is 0.467. The zero-order valence-corrected chi connectivity index (χ0v) is 13.1. The van der Waals surface area contributed by atoms with Crippen LogP contribution in [0.5, 0.6) is 0 Å². The molecule has 2 unspecified atom stereocenters. The smallest absolute Gasteiger partial charge is 0.0468 e. The molecule has 2 atom stereocenters. The van der Waals surface area contributed by atoms with Crippen molar-refractivity contribution < 1.29 is 0 Å². The van der Waals surface area contributed by atoms with Gasteiger partial charge in [-0.1, -0.05) is 29.3 Å². The lowest BCUT2D eigenvalue weighted by Gasteiger charge is -2.44. The van der Waals surface area contributed by atoms with Crippen molar-refractivity contribution in [3.63, 3.8) is 0 Å². The average molecular weight is 301 g/mol. The summed E-state index contributed by atoms with van der Waals surface area (Å²) in [4.78, 5) is 2.51. The van der Waals surface area contributed by atoms with E-state index >= 15 is 0 Å². The predicted molar refractivity (Wildman–Crippen MR) is 82.8 cm³/mol. The van der Waals surface area contributed by atoms with Crippen molar-refractivity contribution in [2.75, 3.05) is 13.1 Å². The van der Waals surface area contributed by atoms with Crippen molar-refractivity contribution in [3.05, 3.63) is 33.8 Å². The minimum Gasteiger partial charge on any atom is -0.330 e. The Morgan fingerprint density at radius 3 is 2.68 bits per heavy atom. The number of hydrogen-bond acceptors (Lipinski definition) is 2. The van der Waals surface area contributed by atoms with Crippen LogP contribution in [0.1, 0.15) is 38.3 Å². The number of hydrogen-bond donors (Lipinski definition) is 1. The minimum absolute atomic E-state index is 0.309. The first-order valence-corrected chi connectivity index (χ1v) is 7.71. The fourth-order valence-electron chi connectivity index (χ4n) is 3.10. The van der Waals surface area contributed by atoms with Gasteiger partial charge in [-0.3, -0.25) is 4.90 Å². The van der Waals surface area contributed by atoms with Gasteiger partial charge in [-0.15, -0.1) is 0 Å². The van der Waals surface area contributed by atoms with E-state index in [4.69, 9.17) is 28.9 Å². The number of nitrogens with two attached hydrogens (primary N) is 1. The number of benzene rings is 1. The average Bonchev–Trinajstić information content (AvgIpc) is 2.38. The van der Waals surface area contributed by atoms with E-state index < -0.39 is 0 Å². The summed E-state index contributed by atoms with van der Waals surface area (Å²) in [7, 11) is 0. The molecule has 19 heavy (non-hydrogen) atoms. The first-order chi connectivity index (χ1) is 9.04. The Bertz CT molecular complexity index is 434. The molecule has 0 spiro atoms. The topological polar surface area (TPSA) is 29.3 Å². The Kier molecular flexibility index (Phi) is 5.13. The third kappa shape index (κ3) is 3.25. The number of halogens is 2. The van der Waals surface area contributed by atoms with Crippen molar-refractivity contribution in [2.45, 2.75) is 38.8 Å². The highest BCUT2D eigenvalue weighted by Crippen LogP contribution is 2.40. The molecule has 0 saturated carbocycles. The van der Waals surface area contributed by atoms with E-state index in [0.29, 0.717) is 29.6 Å². The van der Waals surface area contributed by atoms with Crippen molar-refractivity contribution in [1.82, 2.24) is 4.90 Å². The molecule has 0 bridgehead atoms. The first kappa shape index (κ1) is 15.1. The van der Waals surface area contributed by atoms with Gasteiger partial charge in [-0.05, 0) is 63.4 Å². The lowest BCUT2D eigenvalue weighted by Crippen LogP contribution is -2.45. The quantitative estimate of drug-likeness (QED) is 0.910. The number of likely N-dealkylation sites (tertiary alicyclic amines) is 1. The maximum Gasteiger partial charge on any atom is 0.0468 e. The largest absolute Gasteiger partial charge is 0.330 e. The maximum absolute atomic E-state index is 6.40. The molecule has 1 aromatic carbocycles. The molecule has 4 heteroatoms. The van der Waals surface area contributed by atoms with Crippen LogP contribution in [0, 0.1) is 5.92 Å². The van der Waals surface area contributed by atoms with Crippen LogP contribution in [-0.2, 0) is 0 Å². The zero-order valence-electron chi connectivity index (χ0n) is 11.6. The monoisotopic (exact) mass is 300 g/mol. The summed E-state index contributed by atoms with van der Waals surface area (Å²) in [6.07, 6.45) is 2.38. The van der Waals surface area contributed by atoms with Gasteiger partial charge in [0, 0.05) is 22.1 Å². The van der Waals surface area contributed by atoms with Gasteiger partial charge in [0.15, 0.2) is 0 Å². The molecule has 0 radical (unpaired) electrons.